The van der Waals surface area contributed by atoms with E-state index in [4.69, 9.17) is 0 Å². The molecular formula is C34H30BrNOS. The van der Waals surface area contributed by atoms with E-state index in [1.54, 1.807) is 0 Å². The molecule has 4 heteroatoms. The first-order valence-electron chi connectivity index (χ1n) is 13.4. The molecule has 5 aromatic rings. The first-order chi connectivity index (χ1) is 18.2. The van der Waals surface area contributed by atoms with Gasteiger partial charge in [-0.3, -0.25) is 4.79 Å². The average molecular weight is 581 g/mol. The van der Waals surface area contributed by atoms with E-state index in [0.29, 0.717) is 6.54 Å². The summed E-state index contributed by atoms with van der Waals surface area (Å²) in [6.07, 6.45) is 9.70. The monoisotopic (exact) mass is 579 g/mol. The first kappa shape index (κ1) is 25.3. The molecule has 2 nitrogen and oxygen atoms in total. The van der Waals surface area contributed by atoms with Gasteiger partial charge in [-0.05, 0) is 92.8 Å². The number of Topliss-reactive ketones (excluding diaryl/α,β-unsaturated/α-hetero) is 1. The maximum absolute atomic E-state index is 13.2. The quantitative estimate of drug-likeness (QED) is 0.158. The zero-order chi connectivity index (χ0) is 24.8. The Bertz CT molecular complexity index is 1650. The third-order valence-corrected chi connectivity index (χ3v) is 9.23. The van der Waals surface area contributed by atoms with E-state index in [1.165, 1.54) is 62.4 Å². The molecule has 0 atom stereocenters. The Hall–Kier alpha value is -2.95. The van der Waals surface area contributed by atoms with Crippen LogP contribution in [0.2, 0.25) is 0 Å². The zero-order valence-electron chi connectivity index (χ0n) is 21.4. The highest BCUT2D eigenvalue weighted by molar-refractivity contribution is 7.98. The number of thioether (sulfide) groups is 1. The fourth-order valence-corrected chi connectivity index (χ4v) is 7.30. The summed E-state index contributed by atoms with van der Waals surface area (Å²) >= 11 is 2.01. The summed E-state index contributed by atoms with van der Waals surface area (Å²) in [4.78, 5) is 13.2. The topological polar surface area (TPSA) is 20.9 Å². The molecule has 0 N–H and O–H groups in total. The van der Waals surface area contributed by atoms with Gasteiger partial charge in [-0.2, -0.15) is 16.3 Å². The molecule has 2 aliphatic rings. The Kier molecular flexibility index (Phi) is 7.11. The summed E-state index contributed by atoms with van der Waals surface area (Å²) in [5.74, 6) is 2.32. The Morgan fingerprint density at radius 1 is 0.711 bits per heavy atom. The van der Waals surface area contributed by atoms with Crippen molar-refractivity contribution in [2.45, 2.75) is 44.4 Å². The summed E-state index contributed by atoms with van der Waals surface area (Å²) in [7, 11) is 0. The van der Waals surface area contributed by atoms with Gasteiger partial charge >= 0.3 is 0 Å². The number of ketones is 1. The zero-order valence-corrected chi connectivity index (χ0v) is 23.8. The lowest BCUT2D eigenvalue weighted by molar-refractivity contribution is -0.683. The number of hydrogen-bond donors (Lipinski definition) is 0. The maximum atomic E-state index is 13.2. The summed E-state index contributed by atoms with van der Waals surface area (Å²) in [5.41, 5.74) is 9.42. The number of carbonyl (C=O) groups excluding carboxylic acids is 1. The van der Waals surface area contributed by atoms with Crippen molar-refractivity contribution in [2.24, 2.45) is 0 Å². The van der Waals surface area contributed by atoms with Gasteiger partial charge in [0.2, 0.25) is 12.3 Å². The van der Waals surface area contributed by atoms with Gasteiger partial charge < -0.3 is 17.0 Å². The molecule has 0 bridgehead atoms. The molecule has 38 heavy (non-hydrogen) atoms. The van der Waals surface area contributed by atoms with Crippen LogP contribution in [0.25, 0.3) is 21.5 Å². The number of carbonyl (C=O) groups is 1. The SMILES string of the molecule is O=C(C[n+]1ccc(CCSCc2ccc3c4c(cccc24)CC3)cc1)c1ccc2c3c(cccc13)CC2.[Br-]. The van der Waals surface area contributed by atoms with Crippen molar-refractivity contribution in [3.63, 3.8) is 0 Å². The minimum atomic E-state index is 0. The summed E-state index contributed by atoms with van der Waals surface area (Å²) < 4.78 is 2.01. The van der Waals surface area contributed by atoms with Crippen LogP contribution in [0.15, 0.2) is 85.2 Å². The molecule has 1 aromatic heterocycles. The highest BCUT2D eigenvalue weighted by Crippen LogP contribution is 2.34. The van der Waals surface area contributed by atoms with Crippen molar-refractivity contribution < 1.29 is 26.3 Å². The first-order valence-corrected chi connectivity index (χ1v) is 14.5. The average Bonchev–Trinajstić information content (AvgIpc) is 3.55. The van der Waals surface area contributed by atoms with Crippen LogP contribution in [0.4, 0.5) is 0 Å². The van der Waals surface area contributed by atoms with Gasteiger partial charge in [-0.1, -0.05) is 60.7 Å². The van der Waals surface area contributed by atoms with Gasteiger partial charge in [0.15, 0.2) is 12.4 Å². The smallest absolute Gasteiger partial charge is 0.228 e. The minimum Gasteiger partial charge on any atom is -1.00 e. The van der Waals surface area contributed by atoms with Crippen LogP contribution in [-0.2, 0) is 44.4 Å². The molecule has 0 amide bonds. The second-order valence-electron chi connectivity index (χ2n) is 10.4. The lowest BCUT2D eigenvalue weighted by Gasteiger charge is -2.09. The van der Waals surface area contributed by atoms with Crippen LogP contribution in [0.3, 0.4) is 0 Å². The van der Waals surface area contributed by atoms with Crippen LogP contribution in [0.1, 0.15) is 43.7 Å². The van der Waals surface area contributed by atoms with Crippen molar-refractivity contribution in [1.29, 1.82) is 0 Å². The number of hydrogen-bond acceptors (Lipinski definition) is 2. The Morgan fingerprint density at radius 2 is 1.32 bits per heavy atom. The Balaban J connectivity index is 0.00000264. The second-order valence-corrected chi connectivity index (χ2v) is 11.5. The van der Waals surface area contributed by atoms with Crippen molar-refractivity contribution in [3.05, 3.63) is 124 Å². The molecule has 4 aromatic carbocycles. The number of aryl methyl sites for hydroxylation is 5. The van der Waals surface area contributed by atoms with Gasteiger partial charge in [0.05, 0.1) is 0 Å². The predicted molar refractivity (Wildman–Crippen MR) is 154 cm³/mol. The van der Waals surface area contributed by atoms with Gasteiger partial charge in [0.25, 0.3) is 0 Å². The highest BCUT2D eigenvalue weighted by atomic mass is 79.9. The van der Waals surface area contributed by atoms with E-state index >= 15 is 0 Å². The molecule has 0 saturated carbocycles. The van der Waals surface area contributed by atoms with Crippen molar-refractivity contribution in [3.8, 4) is 0 Å². The van der Waals surface area contributed by atoms with Crippen LogP contribution in [0, 0.1) is 0 Å². The van der Waals surface area contributed by atoms with E-state index in [2.05, 4.69) is 79.1 Å². The van der Waals surface area contributed by atoms with E-state index in [-0.39, 0.29) is 22.8 Å². The fraction of sp³-hybridized carbons (Fsp3) is 0.235. The molecule has 2 aliphatic carbocycles. The molecule has 0 fully saturated rings. The molecule has 7 rings (SSSR count). The summed E-state index contributed by atoms with van der Waals surface area (Å²) in [6.45, 7) is 0.374. The molecule has 0 unspecified atom stereocenters. The van der Waals surface area contributed by atoms with E-state index in [9.17, 15) is 4.79 Å². The molecule has 0 radical (unpaired) electrons. The van der Waals surface area contributed by atoms with Crippen molar-refractivity contribution >= 4 is 39.1 Å². The third kappa shape index (κ3) is 4.58. The normalized spacial score (nSPS) is 13.3. The number of rotatable bonds is 8. The number of aromatic nitrogens is 1. The Labute approximate surface area is 238 Å². The maximum Gasteiger partial charge on any atom is 0.228 e. The van der Waals surface area contributed by atoms with Crippen LogP contribution in [0.5, 0.6) is 0 Å². The molecule has 0 saturated heterocycles. The molecule has 0 spiro atoms. The number of pyridine rings is 1. The van der Waals surface area contributed by atoms with E-state index in [1.807, 2.05) is 22.4 Å². The van der Waals surface area contributed by atoms with Crippen LogP contribution in [-0.4, -0.2) is 11.5 Å². The molecular weight excluding hydrogens is 550 g/mol. The predicted octanol–water partition coefficient (Wildman–Crippen LogP) is 3.84. The highest BCUT2D eigenvalue weighted by Gasteiger charge is 2.21. The standard InChI is InChI=1S/C34H30NOS.BrH/c36-32(30-14-13-27-10-8-25-4-2-6-31(30)34(25)27)21-35-18-15-23(16-19-35)17-20-37-22-28-12-11-26-9-7-24-3-1-5-29(28)33(24)26;/h1-6,11-16,18-19H,7-10,17,20-22H2;1H/q+1;/p-1. The lowest BCUT2D eigenvalue weighted by Crippen LogP contribution is -3.00. The van der Waals surface area contributed by atoms with E-state index in [0.717, 1.165) is 41.7 Å². The van der Waals surface area contributed by atoms with Crippen LogP contribution >= 0.6 is 11.8 Å². The minimum absolute atomic E-state index is 0. The lowest BCUT2D eigenvalue weighted by atomic mass is 9.97. The number of halogens is 1. The summed E-state index contributed by atoms with van der Waals surface area (Å²) in [5, 5.41) is 5.39. The number of nitrogens with zero attached hydrogens (tertiary/aromatic N) is 1. The van der Waals surface area contributed by atoms with E-state index < -0.39 is 0 Å². The van der Waals surface area contributed by atoms with Gasteiger partial charge in [-0.25, -0.2) is 0 Å². The fourth-order valence-electron chi connectivity index (χ4n) is 6.31. The summed E-state index contributed by atoms with van der Waals surface area (Å²) in [6, 6.07) is 26.4. The second kappa shape index (κ2) is 10.7. The van der Waals surface area contributed by atoms with Gasteiger partial charge in [0, 0.05) is 23.4 Å². The molecule has 190 valence electrons. The van der Waals surface area contributed by atoms with Crippen molar-refractivity contribution in [2.75, 3.05) is 5.75 Å². The Morgan fingerprint density at radius 3 is 2.03 bits per heavy atom. The van der Waals surface area contributed by atoms with Gasteiger partial charge in [0.1, 0.15) is 0 Å². The molecule has 1 heterocycles. The molecule has 0 aliphatic heterocycles. The largest absolute Gasteiger partial charge is 1.00 e. The third-order valence-electron chi connectivity index (χ3n) is 8.22. The number of benzene rings is 4. The van der Waals surface area contributed by atoms with Crippen molar-refractivity contribution in [1.82, 2.24) is 0 Å². The van der Waals surface area contributed by atoms with Crippen LogP contribution < -0.4 is 21.5 Å². The van der Waals surface area contributed by atoms with Gasteiger partial charge in [-0.15, -0.1) is 0 Å².